The molecule has 0 aliphatic heterocycles. The fraction of sp³-hybridized carbons (Fsp3) is 0.167. The third-order valence-electron chi connectivity index (χ3n) is 3.46. The predicted octanol–water partition coefficient (Wildman–Crippen LogP) is 4.30. The number of nitrogens with one attached hydrogen (secondary N) is 1. The van der Waals surface area contributed by atoms with Crippen LogP contribution in [-0.4, -0.2) is 23.2 Å². The summed E-state index contributed by atoms with van der Waals surface area (Å²) in [5.74, 6) is -0.366. The van der Waals surface area contributed by atoms with Gasteiger partial charge in [-0.3, -0.25) is 4.79 Å². The first-order valence-electron chi connectivity index (χ1n) is 7.86. The van der Waals surface area contributed by atoms with Crippen LogP contribution in [0.4, 0.5) is 13.9 Å². The summed E-state index contributed by atoms with van der Waals surface area (Å²) < 4.78 is 32.1. The van der Waals surface area contributed by atoms with E-state index in [1.807, 2.05) is 12.1 Å². The number of halogens is 2. The highest BCUT2D eigenvalue weighted by molar-refractivity contribution is 8.00. The van der Waals surface area contributed by atoms with Crippen LogP contribution in [-0.2, 0) is 17.0 Å². The van der Waals surface area contributed by atoms with Gasteiger partial charge in [0.15, 0.2) is 4.34 Å². The highest BCUT2D eigenvalue weighted by Crippen LogP contribution is 2.28. The fourth-order valence-corrected chi connectivity index (χ4v) is 3.95. The van der Waals surface area contributed by atoms with Crippen LogP contribution < -0.4 is 10.1 Å². The van der Waals surface area contributed by atoms with Crippen molar-refractivity contribution in [3.05, 3.63) is 65.2 Å². The molecule has 3 aromatic rings. The van der Waals surface area contributed by atoms with Gasteiger partial charge in [0.1, 0.15) is 17.4 Å². The number of benzene rings is 2. The number of thioether (sulfide) groups is 1. The summed E-state index contributed by atoms with van der Waals surface area (Å²) in [7, 11) is 1.58. The van der Waals surface area contributed by atoms with Crippen molar-refractivity contribution in [1.29, 1.82) is 0 Å². The van der Waals surface area contributed by atoms with Gasteiger partial charge in [-0.15, -0.1) is 10.2 Å². The summed E-state index contributed by atoms with van der Waals surface area (Å²) in [4.78, 5) is 12.1. The number of anilines is 1. The molecule has 0 unspecified atom stereocenters. The number of rotatable bonds is 7. The van der Waals surface area contributed by atoms with Crippen LogP contribution in [0.15, 0.2) is 46.8 Å². The fourth-order valence-electron chi connectivity index (χ4n) is 2.25. The molecule has 1 amide bonds. The molecule has 0 saturated carbocycles. The zero-order chi connectivity index (χ0) is 19.2. The standard InChI is InChI=1S/C18H15F2N3O2S2/c1-25-15-4-2-11(3-5-15)8-16(24)21-17-22-23-18(27-17)26-10-12-6-13(19)9-14(20)7-12/h2-7,9H,8,10H2,1H3,(H,21,22,24). The van der Waals surface area contributed by atoms with Crippen molar-refractivity contribution in [2.45, 2.75) is 16.5 Å². The van der Waals surface area contributed by atoms with Crippen LogP contribution in [0.3, 0.4) is 0 Å². The van der Waals surface area contributed by atoms with Crippen LogP contribution in [0.2, 0.25) is 0 Å². The van der Waals surface area contributed by atoms with E-state index in [9.17, 15) is 13.6 Å². The molecular weight excluding hydrogens is 392 g/mol. The maximum Gasteiger partial charge on any atom is 0.230 e. The van der Waals surface area contributed by atoms with E-state index in [1.54, 1.807) is 19.2 Å². The van der Waals surface area contributed by atoms with Gasteiger partial charge < -0.3 is 10.1 Å². The molecule has 2 aromatic carbocycles. The zero-order valence-electron chi connectivity index (χ0n) is 14.2. The van der Waals surface area contributed by atoms with Crippen molar-refractivity contribution in [2.75, 3.05) is 12.4 Å². The lowest BCUT2D eigenvalue weighted by Gasteiger charge is -2.03. The Balaban J connectivity index is 1.53. The summed E-state index contributed by atoms with van der Waals surface area (Å²) in [6.45, 7) is 0. The Morgan fingerprint density at radius 1 is 1.11 bits per heavy atom. The lowest BCUT2D eigenvalue weighted by molar-refractivity contribution is -0.115. The molecule has 0 radical (unpaired) electrons. The molecule has 1 heterocycles. The quantitative estimate of drug-likeness (QED) is 0.467. The van der Waals surface area contributed by atoms with E-state index in [2.05, 4.69) is 15.5 Å². The Bertz CT molecular complexity index is 912. The van der Waals surface area contributed by atoms with Crippen LogP contribution in [0.5, 0.6) is 5.75 Å². The smallest absolute Gasteiger partial charge is 0.230 e. The minimum atomic E-state index is -0.616. The van der Waals surface area contributed by atoms with Crippen molar-refractivity contribution in [2.24, 2.45) is 0 Å². The van der Waals surface area contributed by atoms with Crippen molar-refractivity contribution in [3.8, 4) is 5.75 Å². The minimum absolute atomic E-state index is 0.203. The van der Waals surface area contributed by atoms with Gasteiger partial charge in [-0.2, -0.15) is 0 Å². The number of hydrogen-bond acceptors (Lipinski definition) is 6. The van der Waals surface area contributed by atoms with E-state index >= 15 is 0 Å². The Kier molecular flexibility index (Phi) is 6.36. The normalized spacial score (nSPS) is 10.6. The lowest BCUT2D eigenvalue weighted by atomic mass is 10.1. The van der Waals surface area contributed by atoms with Gasteiger partial charge in [0.05, 0.1) is 13.5 Å². The number of methoxy groups -OCH3 is 1. The third-order valence-corrected chi connectivity index (χ3v) is 5.50. The lowest BCUT2D eigenvalue weighted by Crippen LogP contribution is -2.14. The van der Waals surface area contributed by atoms with Gasteiger partial charge in [-0.1, -0.05) is 35.2 Å². The van der Waals surface area contributed by atoms with Gasteiger partial charge in [0, 0.05) is 11.8 Å². The Morgan fingerprint density at radius 2 is 1.81 bits per heavy atom. The zero-order valence-corrected chi connectivity index (χ0v) is 15.9. The van der Waals surface area contributed by atoms with Crippen LogP contribution in [0, 0.1) is 11.6 Å². The van der Waals surface area contributed by atoms with Crippen LogP contribution in [0.25, 0.3) is 0 Å². The minimum Gasteiger partial charge on any atom is -0.497 e. The van der Waals surface area contributed by atoms with Gasteiger partial charge in [0.25, 0.3) is 0 Å². The maximum atomic E-state index is 13.2. The van der Waals surface area contributed by atoms with Crippen molar-refractivity contribution in [1.82, 2.24) is 10.2 Å². The molecule has 0 aliphatic rings. The van der Waals surface area contributed by atoms with E-state index in [4.69, 9.17) is 4.74 Å². The van der Waals surface area contributed by atoms with E-state index in [1.165, 1.54) is 35.2 Å². The summed E-state index contributed by atoms with van der Waals surface area (Å²) >= 11 is 2.50. The number of amides is 1. The molecule has 5 nitrogen and oxygen atoms in total. The number of nitrogens with zero attached hydrogens (tertiary/aromatic N) is 2. The molecule has 1 aromatic heterocycles. The first-order valence-corrected chi connectivity index (χ1v) is 9.66. The summed E-state index contributed by atoms with van der Waals surface area (Å²) in [6.07, 6.45) is 0.203. The average Bonchev–Trinajstić information content (AvgIpc) is 3.07. The molecule has 3 rings (SSSR count). The second kappa shape index (κ2) is 8.92. The highest BCUT2D eigenvalue weighted by Gasteiger charge is 2.10. The van der Waals surface area contributed by atoms with E-state index < -0.39 is 11.6 Å². The SMILES string of the molecule is COc1ccc(CC(=O)Nc2nnc(SCc3cc(F)cc(F)c3)s2)cc1. The molecule has 0 saturated heterocycles. The molecular formula is C18H15F2N3O2S2. The summed E-state index contributed by atoms with van der Waals surface area (Å²) in [5, 5.41) is 11.0. The highest BCUT2D eigenvalue weighted by atomic mass is 32.2. The molecule has 0 aliphatic carbocycles. The Labute approximate surface area is 162 Å². The first kappa shape index (κ1) is 19.2. The van der Waals surface area contributed by atoms with E-state index in [0.717, 1.165) is 17.4 Å². The van der Waals surface area contributed by atoms with Crippen molar-refractivity contribution < 1.29 is 18.3 Å². The first-order chi connectivity index (χ1) is 13.0. The van der Waals surface area contributed by atoms with Gasteiger partial charge in [-0.05, 0) is 35.4 Å². The third kappa shape index (κ3) is 5.73. The van der Waals surface area contributed by atoms with Gasteiger partial charge in [-0.25, -0.2) is 8.78 Å². The molecule has 0 fully saturated rings. The molecule has 140 valence electrons. The topological polar surface area (TPSA) is 64.1 Å². The number of hydrogen-bond donors (Lipinski definition) is 1. The second-order valence-corrected chi connectivity index (χ2v) is 7.71. The monoisotopic (exact) mass is 407 g/mol. The van der Waals surface area contributed by atoms with Crippen LogP contribution in [0.1, 0.15) is 11.1 Å². The van der Waals surface area contributed by atoms with E-state index in [0.29, 0.717) is 20.8 Å². The predicted molar refractivity (Wildman–Crippen MR) is 101 cm³/mol. The largest absolute Gasteiger partial charge is 0.497 e. The number of ether oxygens (including phenoxy) is 1. The second-order valence-electron chi connectivity index (χ2n) is 5.51. The molecule has 0 spiro atoms. The van der Waals surface area contributed by atoms with Crippen LogP contribution >= 0.6 is 23.1 Å². The Morgan fingerprint density at radius 3 is 2.48 bits per heavy atom. The molecule has 9 heteroatoms. The molecule has 0 atom stereocenters. The van der Waals surface area contributed by atoms with Crippen molar-refractivity contribution >= 4 is 34.1 Å². The molecule has 1 N–H and O–H groups in total. The summed E-state index contributed by atoms with van der Waals surface area (Å²) in [5.41, 5.74) is 1.36. The van der Waals surface area contributed by atoms with Gasteiger partial charge in [0.2, 0.25) is 11.0 Å². The Hall–Kier alpha value is -2.52. The maximum absolute atomic E-state index is 13.2. The number of carbonyl (C=O) groups is 1. The van der Waals surface area contributed by atoms with Crippen molar-refractivity contribution in [3.63, 3.8) is 0 Å². The summed E-state index contributed by atoms with van der Waals surface area (Å²) in [6, 6.07) is 10.6. The molecule has 0 bridgehead atoms. The van der Waals surface area contributed by atoms with E-state index in [-0.39, 0.29) is 12.3 Å². The number of aromatic nitrogens is 2. The number of carbonyl (C=O) groups excluding carboxylic acids is 1. The van der Waals surface area contributed by atoms with Gasteiger partial charge >= 0.3 is 0 Å². The average molecular weight is 407 g/mol. The molecule has 27 heavy (non-hydrogen) atoms.